The molecule has 1 aromatic carbocycles. The molecule has 54 valence electrons. The van der Waals surface area contributed by atoms with Crippen LogP contribution in [0.25, 0.3) is 0 Å². The van der Waals surface area contributed by atoms with Crippen LogP contribution in [0, 0.1) is 6.92 Å². The molecule has 10 heavy (non-hydrogen) atoms. The van der Waals surface area contributed by atoms with Gasteiger partial charge >= 0.3 is 0 Å². The monoisotopic (exact) mass is 157 g/mol. The van der Waals surface area contributed by atoms with Crippen LogP contribution in [0.2, 0.25) is 5.02 Å². The highest BCUT2D eigenvalue weighted by molar-refractivity contribution is 6.31. The first-order valence-corrected chi connectivity index (χ1v) is 3.24. The molecule has 0 aliphatic carbocycles. The molecule has 0 saturated carbocycles. The molecular weight excluding hydrogens is 150 g/mol. The van der Waals surface area contributed by atoms with Gasteiger partial charge in [0.15, 0.2) is 0 Å². The summed E-state index contributed by atoms with van der Waals surface area (Å²) in [6.45, 7) is 1.76. The van der Waals surface area contributed by atoms with Crippen LogP contribution in [0.15, 0.2) is 12.1 Å². The van der Waals surface area contributed by atoms with E-state index in [4.69, 9.17) is 22.4 Å². The number of benzene rings is 1. The summed E-state index contributed by atoms with van der Waals surface area (Å²) in [5, 5.41) is 9.62. The van der Waals surface area contributed by atoms with Gasteiger partial charge in [-0.05, 0) is 24.6 Å². The molecule has 1 rings (SSSR count). The Kier molecular flexibility index (Phi) is 1.72. The van der Waals surface area contributed by atoms with E-state index in [0.29, 0.717) is 10.7 Å². The van der Waals surface area contributed by atoms with Gasteiger partial charge in [0.25, 0.3) is 0 Å². The Morgan fingerprint density at radius 2 is 2.10 bits per heavy atom. The molecule has 0 heterocycles. The zero-order chi connectivity index (χ0) is 7.72. The lowest BCUT2D eigenvalue weighted by atomic mass is 10.2. The van der Waals surface area contributed by atoms with Gasteiger partial charge in [0, 0.05) is 5.02 Å². The van der Waals surface area contributed by atoms with Gasteiger partial charge in [-0.15, -0.1) is 0 Å². The summed E-state index contributed by atoms with van der Waals surface area (Å²) in [4.78, 5) is 0. The van der Waals surface area contributed by atoms with E-state index in [2.05, 4.69) is 0 Å². The van der Waals surface area contributed by atoms with Crippen molar-refractivity contribution in [1.82, 2.24) is 0 Å². The first-order chi connectivity index (χ1) is 4.63. The fourth-order valence-electron chi connectivity index (χ4n) is 0.688. The third-order valence-electron chi connectivity index (χ3n) is 1.43. The summed E-state index contributed by atoms with van der Waals surface area (Å²) in [5.74, 6) is 0.0851. The second-order valence-corrected chi connectivity index (χ2v) is 2.51. The van der Waals surface area contributed by atoms with Crippen LogP contribution < -0.4 is 5.73 Å². The average Bonchev–Trinajstić information content (AvgIpc) is 1.93. The van der Waals surface area contributed by atoms with Gasteiger partial charge in [0.1, 0.15) is 5.75 Å². The van der Waals surface area contributed by atoms with Crippen LogP contribution in [-0.4, -0.2) is 5.11 Å². The number of nitrogen functional groups attached to an aromatic ring is 1. The number of phenols is 1. The number of phenolic OH excluding ortho intramolecular Hbond substituents is 1. The molecule has 0 saturated heterocycles. The maximum absolute atomic E-state index is 9.04. The molecule has 0 radical (unpaired) electrons. The van der Waals surface area contributed by atoms with Crippen LogP contribution in [0.3, 0.4) is 0 Å². The predicted molar refractivity (Wildman–Crippen MR) is 42.3 cm³/mol. The molecule has 0 aliphatic heterocycles. The molecule has 0 unspecified atom stereocenters. The van der Waals surface area contributed by atoms with Crippen molar-refractivity contribution in [1.29, 1.82) is 0 Å². The topological polar surface area (TPSA) is 46.2 Å². The molecule has 0 atom stereocenters. The number of nitrogens with two attached hydrogens (primary N) is 1. The summed E-state index contributed by atoms with van der Waals surface area (Å²) in [6, 6.07) is 3.09. The Hall–Kier alpha value is -0.890. The number of hydrogen-bond donors (Lipinski definition) is 2. The standard InChI is InChI=1S/C7H8ClNO/c1-4-5(8)2-3-6(10)7(4)9/h2-3,10H,9H2,1H3. The Labute approximate surface area is 64.2 Å². The average molecular weight is 158 g/mol. The third kappa shape index (κ3) is 1.02. The van der Waals surface area contributed by atoms with E-state index in [0.717, 1.165) is 5.56 Å². The van der Waals surface area contributed by atoms with Gasteiger partial charge < -0.3 is 10.8 Å². The van der Waals surface area contributed by atoms with Crippen LogP contribution in [0.5, 0.6) is 5.75 Å². The largest absolute Gasteiger partial charge is 0.506 e. The second-order valence-electron chi connectivity index (χ2n) is 2.11. The molecule has 0 fully saturated rings. The number of hydrogen-bond acceptors (Lipinski definition) is 2. The first-order valence-electron chi connectivity index (χ1n) is 2.86. The molecular formula is C7H8ClNO. The molecule has 2 nitrogen and oxygen atoms in total. The molecule has 3 N–H and O–H groups in total. The van der Waals surface area contributed by atoms with Gasteiger partial charge in [0.05, 0.1) is 5.69 Å². The Morgan fingerprint density at radius 1 is 1.50 bits per heavy atom. The summed E-state index contributed by atoms with van der Waals surface area (Å²) in [5.41, 5.74) is 6.53. The van der Waals surface area contributed by atoms with Crippen molar-refractivity contribution in [2.75, 3.05) is 5.73 Å². The number of rotatable bonds is 0. The van der Waals surface area contributed by atoms with Gasteiger partial charge in [-0.1, -0.05) is 11.6 Å². The van der Waals surface area contributed by atoms with Crippen LogP contribution in [-0.2, 0) is 0 Å². The quantitative estimate of drug-likeness (QED) is 0.447. The minimum absolute atomic E-state index is 0.0851. The van der Waals surface area contributed by atoms with E-state index in [1.54, 1.807) is 13.0 Å². The Balaban J connectivity index is 3.34. The second kappa shape index (κ2) is 2.39. The summed E-state index contributed by atoms with van der Waals surface area (Å²) in [7, 11) is 0. The predicted octanol–water partition coefficient (Wildman–Crippen LogP) is 1.94. The smallest absolute Gasteiger partial charge is 0.138 e. The van der Waals surface area contributed by atoms with Crippen LogP contribution >= 0.6 is 11.6 Å². The van der Waals surface area contributed by atoms with Crippen molar-refractivity contribution >= 4 is 17.3 Å². The highest BCUT2D eigenvalue weighted by Gasteiger charge is 2.02. The maximum atomic E-state index is 9.04. The highest BCUT2D eigenvalue weighted by Crippen LogP contribution is 2.28. The molecule has 1 aromatic rings. The molecule has 0 aliphatic rings. The van der Waals surface area contributed by atoms with Crippen molar-refractivity contribution in [2.45, 2.75) is 6.92 Å². The van der Waals surface area contributed by atoms with Gasteiger partial charge in [-0.2, -0.15) is 0 Å². The lowest BCUT2D eigenvalue weighted by Gasteiger charge is -2.03. The molecule has 0 amide bonds. The van der Waals surface area contributed by atoms with Crippen LogP contribution in [0.1, 0.15) is 5.56 Å². The minimum atomic E-state index is 0.0851. The molecule has 0 aromatic heterocycles. The SMILES string of the molecule is Cc1c(Cl)ccc(O)c1N. The summed E-state index contributed by atoms with van der Waals surface area (Å²) < 4.78 is 0. The van der Waals surface area contributed by atoms with Crippen molar-refractivity contribution in [3.8, 4) is 5.75 Å². The molecule has 0 spiro atoms. The van der Waals surface area contributed by atoms with Crippen LogP contribution in [0.4, 0.5) is 5.69 Å². The fraction of sp³-hybridized carbons (Fsp3) is 0.143. The Bertz CT molecular complexity index is 233. The summed E-state index contributed by atoms with van der Waals surface area (Å²) >= 11 is 5.69. The van der Waals surface area contributed by atoms with E-state index in [1.807, 2.05) is 0 Å². The fourth-order valence-corrected chi connectivity index (χ4v) is 0.852. The van der Waals surface area contributed by atoms with E-state index < -0.39 is 0 Å². The third-order valence-corrected chi connectivity index (χ3v) is 1.84. The van der Waals surface area contributed by atoms with Crippen molar-refractivity contribution in [3.05, 3.63) is 22.7 Å². The minimum Gasteiger partial charge on any atom is -0.506 e. The normalized spacial score (nSPS) is 9.80. The van der Waals surface area contributed by atoms with E-state index >= 15 is 0 Å². The lowest BCUT2D eigenvalue weighted by Crippen LogP contribution is -1.89. The Morgan fingerprint density at radius 3 is 2.60 bits per heavy atom. The van der Waals surface area contributed by atoms with Gasteiger partial charge in [0.2, 0.25) is 0 Å². The number of aromatic hydroxyl groups is 1. The molecule has 0 bridgehead atoms. The zero-order valence-corrected chi connectivity index (χ0v) is 6.31. The van der Waals surface area contributed by atoms with Crippen molar-refractivity contribution in [3.63, 3.8) is 0 Å². The van der Waals surface area contributed by atoms with Crippen molar-refractivity contribution < 1.29 is 5.11 Å². The van der Waals surface area contributed by atoms with E-state index in [1.165, 1.54) is 6.07 Å². The van der Waals surface area contributed by atoms with E-state index in [-0.39, 0.29) is 5.75 Å². The molecule has 3 heteroatoms. The zero-order valence-electron chi connectivity index (χ0n) is 5.56. The van der Waals surface area contributed by atoms with Gasteiger partial charge in [-0.3, -0.25) is 0 Å². The number of anilines is 1. The first kappa shape index (κ1) is 7.22. The number of halogens is 1. The summed E-state index contributed by atoms with van der Waals surface area (Å²) in [6.07, 6.45) is 0. The van der Waals surface area contributed by atoms with E-state index in [9.17, 15) is 0 Å². The highest BCUT2D eigenvalue weighted by atomic mass is 35.5. The van der Waals surface area contributed by atoms with Gasteiger partial charge in [-0.25, -0.2) is 0 Å². The van der Waals surface area contributed by atoms with Crippen molar-refractivity contribution in [2.24, 2.45) is 0 Å². The lowest BCUT2D eigenvalue weighted by molar-refractivity contribution is 0.477. The maximum Gasteiger partial charge on any atom is 0.138 e.